The van der Waals surface area contributed by atoms with E-state index >= 15 is 0 Å². The number of hydrogen-bond acceptors (Lipinski definition) is 4. The summed E-state index contributed by atoms with van der Waals surface area (Å²) in [6, 6.07) is 0. The standard InChI is InChI=1S/C11H19NO4/c1-12(7-3-6-10(13)15-2)11(14)9-5-4-8-16-9/h9H,3-8H2,1-2H3/t9-/m1/s1. The second-order valence-electron chi connectivity index (χ2n) is 3.94. The zero-order chi connectivity index (χ0) is 12.0. The van der Waals surface area contributed by atoms with Crippen molar-refractivity contribution in [3.63, 3.8) is 0 Å². The highest BCUT2D eigenvalue weighted by Gasteiger charge is 2.26. The monoisotopic (exact) mass is 229 g/mol. The van der Waals surface area contributed by atoms with Crippen LogP contribution in [0.1, 0.15) is 25.7 Å². The lowest BCUT2D eigenvalue weighted by Crippen LogP contribution is -2.36. The van der Waals surface area contributed by atoms with Crippen molar-refractivity contribution in [2.24, 2.45) is 0 Å². The maximum absolute atomic E-state index is 11.8. The van der Waals surface area contributed by atoms with E-state index in [0.29, 0.717) is 26.0 Å². The molecule has 1 aliphatic rings. The number of rotatable bonds is 5. The van der Waals surface area contributed by atoms with Crippen molar-refractivity contribution in [2.45, 2.75) is 31.8 Å². The van der Waals surface area contributed by atoms with E-state index in [4.69, 9.17) is 4.74 Å². The third-order valence-corrected chi connectivity index (χ3v) is 2.68. The zero-order valence-corrected chi connectivity index (χ0v) is 9.90. The van der Waals surface area contributed by atoms with E-state index in [2.05, 4.69) is 4.74 Å². The molecule has 0 aromatic rings. The average Bonchev–Trinajstić information content (AvgIpc) is 2.81. The van der Waals surface area contributed by atoms with Gasteiger partial charge in [0, 0.05) is 26.6 Å². The summed E-state index contributed by atoms with van der Waals surface area (Å²) in [7, 11) is 3.10. The van der Waals surface area contributed by atoms with Crippen LogP contribution in [0.4, 0.5) is 0 Å². The maximum atomic E-state index is 11.8. The Kier molecular flexibility index (Phi) is 5.25. The van der Waals surface area contributed by atoms with Crippen LogP contribution in [0.15, 0.2) is 0 Å². The van der Waals surface area contributed by atoms with Gasteiger partial charge < -0.3 is 14.4 Å². The van der Waals surface area contributed by atoms with Crippen molar-refractivity contribution in [3.05, 3.63) is 0 Å². The summed E-state index contributed by atoms with van der Waals surface area (Å²) in [5, 5.41) is 0. The van der Waals surface area contributed by atoms with Crippen molar-refractivity contribution in [1.29, 1.82) is 0 Å². The fourth-order valence-electron chi connectivity index (χ4n) is 1.69. The maximum Gasteiger partial charge on any atom is 0.305 e. The summed E-state index contributed by atoms with van der Waals surface area (Å²) >= 11 is 0. The second-order valence-corrected chi connectivity index (χ2v) is 3.94. The van der Waals surface area contributed by atoms with Crippen molar-refractivity contribution in [3.8, 4) is 0 Å². The van der Waals surface area contributed by atoms with Crippen LogP contribution < -0.4 is 0 Å². The Hall–Kier alpha value is -1.10. The van der Waals surface area contributed by atoms with Gasteiger partial charge in [-0.15, -0.1) is 0 Å². The number of hydrogen-bond donors (Lipinski definition) is 0. The van der Waals surface area contributed by atoms with Gasteiger partial charge in [0.25, 0.3) is 5.91 Å². The Labute approximate surface area is 95.7 Å². The largest absolute Gasteiger partial charge is 0.469 e. The zero-order valence-electron chi connectivity index (χ0n) is 9.90. The van der Waals surface area contributed by atoms with Crippen LogP contribution in [0, 0.1) is 0 Å². The molecule has 0 bridgehead atoms. The molecule has 0 aromatic carbocycles. The Morgan fingerprint density at radius 2 is 2.25 bits per heavy atom. The first-order valence-corrected chi connectivity index (χ1v) is 5.58. The first-order valence-electron chi connectivity index (χ1n) is 5.58. The molecule has 0 saturated carbocycles. The summed E-state index contributed by atoms with van der Waals surface area (Å²) in [5.74, 6) is -0.222. The molecule has 1 saturated heterocycles. The molecule has 1 heterocycles. The fraction of sp³-hybridized carbons (Fsp3) is 0.818. The highest BCUT2D eigenvalue weighted by molar-refractivity contribution is 5.80. The van der Waals surface area contributed by atoms with Gasteiger partial charge in [0.05, 0.1) is 7.11 Å². The number of carbonyl (C=O) groups is 2. The van der Waals surface area contributed by atoms with Gasteiger partial charge in [0.1, 0.15) is 6.10 Å². The van der Waals surface area contributed by atoms with E-state index in [0.717, 1.165) is 12.8 Å². The Morgan fingerprint density at radius 1 is 1.50 bits per heavy atom. The fourth-order valence-corrected chi connectivity index (χ4v) is 1.69. The van der Waals surface area contributed by atoms with Crippen LogP contribution in [-0.2, 0) is 19.1 Å². The van der Waals surface area contributed by atoms with E-state index in [1.54, 1.807) is 11.9 Å². The molecule has 0 aromatic heterocycles. The quantitative estimate of drug-likeness (QED) is 0.647. The van der Waals surface area contributed by atoms with Crippen LogP contribution in [0.25, 0.3) is 0 Å². The molecule has 0 unspecified atom stereocenters. The Bertz CT molecular complexity index is 248. The minimum absolute atomic E-state index is 0.0161. The van der Waals surface area contributed by atoms with E-state index < -0.39 is 0 Å². The molecule has 1 atom stereocenters. The Balaban J connectivity index is 2.20. The number of likely N-dealkylation sites (N-methyl/N-ethyl adjacent to an activating group) is 1. The Morgan fingerprint density at radius 3 is 2.81 bits per heavy atom. The normalized spacial score (nSPS) is 19.5. The summed E-state index contributed by atoms with van der Waals surface area (Å²) < 4.78 is 9.83. The SMILES string of the molecule is COC(=O)CCCN(C)C(=O)[C@H]1CCCO1. The summed E-state index contributed by atoms with van der Waals surface area (Å²) in [4.78, 5) is 24.3. The molecule has 0 spiro atoms. The highest BCUT2D eigenvalue weighted by Crippen LogP contribution is 2.14. The summed E-state index contributed by atoms with van der Waals surface area (Å²) in [6.45, 7) is 1.24. The van der Waals surface area contributed by atoms with Crippen molar-refractivity contribution >= 4 is 11.9 Å². The van der Waals surface area contributed by atoms with Gasteiger partial charge in [-0.1, -0.05) is 0 Å². The van der Waals surface area contributed by atoms with Gasteiger partial charge in [-0.25, -0.2) is 0 Å². The van der Waals surface area contributed by atoms with Gasteiger partial charge in [-0.05, 0) is 19.3 Å². The lowest BCUT2D eigenvalue weighted by molar-refractivity contribution is -0.142. The van der Waals surface area contributed by atoms with Gasteiger partial charge in [0.15, 0.2) is 0 Å². The van der Waals surface area contributed by atoms with Gasteiger partial charge in [-0.3, -0.25) is 9.59 Å². The topological polar surface area (TPSA) is 55.8 Å². The van der Waals surface area contributed by atoms with Crippen LogP contribution >= 0.6 is 0 Å². The van der Waals surface area contributed by atoms with E-state index in [1.807, 2.05) is 0 Å². The number of nitrogens with zero attached hydrogens (tertiary/aromatic N) is 1. The van der Waals surface area contributed by atoms with Crippen LogP contribution in [-0.4, -0.2) is 50.2 Å². The third-order valence-electron chi connectivity index (χ3n) is 2.68. The lowest BCUT2D eigenvalue weighted by Gasteiger charge is -2.20. The molecule has 16 heavy (non-hydrogen) atoms. The molecular formula is C11H19NO4. The second kappa shape index (κ2) is 6.48. The van der Waals surface area contributed by atoms with Crippen molar-refractivity contribution in [2.75, 3.05) is 27.3 Å². The predicted octanol–water partition coefficient (Wildman–Crippen LogP) is 0.577. The van der Waals surface area contributed by atoms with Crippen molar-refractivity contribution in [1.82, 2.24) is 4.90 Å². The minimum atomic E-state index is -0.275. The molecule has 1 aliphatic heterocycles. The molecule has 0 radical (unpaired) electrons. The van der Waals surface area contributed by atoms with Gasteiger partial charge in [-0.2, -0.15) is 0 Å². The molecular weight excluding hydrogens is 210 g/mol. The van der Waals surface area contributed by atoms with Crippen LogP contribution in [0.2, 0.25) is 0 Å². The summed E-state index contributed by atoms with van der Waals surface area (Å²) in [5.41, 5.74) is 0. The first kappa shape index (κ1) is 13.0. The van der Waals surface area contributed by atoms with Crippen LogP contribution in [0.5, 0.6) is 0 Å². The predicted molar refractivity (Wildman–Crippen MR) is 57.9 cm³/mol. The van der Waals surface area contributed by atoms with Crippen LogP contribution in [0.3, 0.4) is 0 Å². The smallest absolute Gasteiger partial charge is 0.305 e. The number of carbonyl (C=O) groups excluding carboxylic acids is 2. The molecule has 0 N–H and O–H groups in total. The number of amides is 1. The van der Waals surface area contributed by atoms with E-state index in [-0.39, 0.29) is 18.0 Å². The molecule has 92 valence electrons. The third kappa shape index (κ3) is 3.81. The van der Waals surface area contributed by atoms with Crippen molar-refractivity contribution < 1.29 is 19.1 Å². The van der Waals surface area contributed by atoms with E-state index in [9.17, 15) is 9.59 Å². The van der Waals surface area contributed by atoms with E-state index in [1.165, 1.54) is 7.11 Å². The average molecular weight is 229 g/mol. The number of methoxy groups -OCH3 is 1. The number of esters is 1. The molecule has 1 fully saturated rings. The molecule has 5 heteroatoms. The van der Waals surface area contributed by atoms with Gasteiger partial charge >= 0.3 is 5.97 Å². The summed E-state index contributed by atoms with van der Waals surface area (Å²) in [6.07, 6.45) is 2.46. The molecule has 1 rings (SSSR count). The van der Waals surface area contributed by atoms with Gasteiger partial charge in [0.2, 0.25) is 0 Å². The minimum Gasteiger partial charge on any atom is -0.469 e. The lowest BCUT2D eigenvalue weighted by atomic mass is 10.2. The highest BCUT2D eigenvalue weighted by atomic mass is 16.5. The molecule has 1 amide bonds. The number of ether oxygens (including phenoxy) is 2. The molecule has 0 aliphatic carbocycles. The molecule has 5 nitrogen and oxygen atoms in total. The first-order chi connectivity index (χ1) is 7.65.